The van der Waals surface area contributed by atoms with Gasteiger partial charge in [-0.05, 0) is 44.0 Å². The van der Waals surface area contributed by atoms with Crippen molar-refractivity contribution in [3.8, 4) is 0 Å². The number of rotatable bonds is 2. The van der Waals surface area contributed by atoms with Crippen LogP contribution >= 0.6 is 15.9 Å². The fourth-order valence-electron chi connectivity index (χ4n) is 2.59. The van der Waals surface area contributed by atoms with Gasteiger partial charge in [-0.1, -0.05) is 28.9 Å². The van der Waals surface area contributed by atoms with Crippen molar-refractivity contribution in [2.45, 2.75) is 26.3 Å². The third-order valence-corrected chi connectivity index (χ3v) is 4.65. The number of aryl methyl sites for hydroxylation is 1. The minimum Gasteiger partial charge on any atom is -0.371 e. The molecular formula is C14H21BrN2. The number of piperidine rings is 1. The topological polar surface area (TPSA) is 15.3 Å². The van der Waals surface area contributed by atoms with Gasteiger partial charge in [0.25, 0.3) is 0 Å². The smallest absolute Gasteiger partial charge is 0.0377 e. The minimum atomic E-state index is 0.667. The van der Waals surface area contributed by atoms with Crippen LogP contribution in [0.3, 0.4) is 0 Å². The van der Waals surface area contributed by atoms with Gasteiger partial charge in [-0.2, -0.15) is 0 Å². The maximum absolute atomic E-state index is 3.61. The quantitative estimate of drug-likeness (QED) is 0.902. The summed E-state index contributed by atoms with van der Waals surface area (Å²) in [6.45, 7) is 6.74. The van der Waals surface area contributed by atoms with E-state index in [1.165, 1.54) is 22.1 Å². The minimum absolute atomic E-state index is 0.667. The predicted molar refractivity (Wildman–Crippen MR) is 77.7 cm³/mol. The van der Waals surface area contributed by atoms with E-state index >= 15 is 0 Å². The molecule has 0 saturated carbocycles. The fourth-order valence-corrected chi connectivity index (χ4v) is 2.95. The predicted octanol–water partition coefficient (Wildman–Crippen LogP) is 3.19. The number of hydrogen-bond acceptors (Lipinski definition) is 2. The molecule has 0 aliphatic carbocycles. The second-order valence-electron chi connectivity index (χ2n) is 5.04. The number of anilines is 1. The van der Waals surface area contributed by atoms with Gasteiger partial charge in [0.1, 0.15) is 0 Å². The summed E-state index contributed by atoms with van der Waals surface area (Å²) in [6.07, 6.45) is 1.23. The monoisotopic (exact) mass is 296 g/mol. The first kappa shape index (κ1) is 12.9. The Hall–Kier alpha value is -0.540. The SMILES string of the molecule is CNC1CCN(c2ccc(C)c(Br)c2)CC1C. The van der Waals surface area contributed by atoms with Gasteiger partial charge < -0.3 is 10.2 Å². The zero-order valence-corrected chi connectivity index (χ0v) is 12.4. The molecule has 2 atom stereocenters. The summed E-state index contributed by atoms with van der Waals surface area (Å²) in [6, 6.07) is 7.32. The molecule has 1 aromatic carbocycles. The van der Waals surface area contributed by atoms with Crippen molar-refractivity contribution in [1.29, 1.82) is 0 Å². The first-order chi connectivity index (χ1) is 8.11. The summed E-state index contributed by atoms with van der Waals surface area (Å²) in [5.74, 6) is 0.703. The highest BCUT2D eigenvalue weighted by atomic mass is 79.9. The maximum Gasteiger partial charge on any atom is 0.0377 e. The number of benzene rings is 1. The highest BCUT2D eigenvalue weighted by molar-refractivity contribution is 9.10. The molecule has 17 heavy (non-hydrogen) atoms. The van der Waals surface area contributed by atoms with Gasteiger partial charge in [0.2, 0.25) is 0 Å². The van der Waals surface area contributed by atoms with Crippen LogP contribution in [0.15, 0.2) is 22.7 Å². The Kier molecular flexibility index (Phi) is 4.10. The summed E-state index contributed by atoms with van der Waals surface area (Å²) < 4.78 is 1.21. The molecule has 1 heterocycles. The van der Waals surface area contributed by atoms with Crippen molar-refractivity contribution in [2.24, 2.45) is 5.92 Å². The van der Waals surface area contributed by atoms with Crippen molar-refractivity contribution in [2.75, 3.05) is 25.0 Å². The Morgan fingerprint density at radius 1 is 1.41 bits per heavy atom. The molecule has 1 fully saturated rings. The number of halogens is 1. The number of nitrogens with one attached hydrogen (secondary N) is 1. The van der Waals surface area contributed by atoms with Gasteiger partial charge in [-0.25, -0.2) is 0 Å². The maximum atomic E-state index is 3.61. The van der Waals surface area contributed by atoms with Crippen LogP contribution in [0.2, 0.25) is 0 Å². The molecule has 0 aromatic heterocycles. The molecule has 2 rings (SSSR count). The largest absolute Gasteiger partial charge is 0.371 e. The summed E-state index contributed by atoms with van der Waals surface area (Å²) in [5, 5.41) is 3.41. The molecule has 2 nitrogen and oxygen atoms in total. The molecule has 2 unspecified atom stereocenters. The Labute approximate surface area is 113 Å². The van der Waals surface area contributed by atoms with Crippen molar-refractivity contribution in [3.05, 3.63) is 28.2 Å². The Morgan fingerprint density at radius 3 is 2.76 bits per heavy atom. The second kappa shape index (κ2) is 5.40. The van der Waals surface area contributed by atoms with E-state index in [1.807, 2.05) is 0 Å². The zero-order valence-electron chi connectivity index (χ0n) is 10.8. The molecular weight excluding hydrogens is 276 g/mol. The Morgan fingerprint density at radius 2 is 2.18 bits per heavy atom. The fraction of sp³-hybridized carbons (Fsp3) is 0.571. The molecule has 1 aliphatic heterocycles. The van der Waals surface area contributed by atoms with E-state index in [2.05, 4.69) is 65.2 Å². The lowest BCUT2D eigenvalue weighted by atomic mass is 9.93. The van der Waals surface area contributed by atoms with Crippen LogP contribution in [-0.4, -0.2) is 26.2 Å². The molecule has 94 valence electrons. The van der Waals surface area contributed by atoms with Gasteiger partial charge in [0.05, 0.1) is 0 Å². The van der Waals surface area contributed by atoms with E-state index in [0.29, 0.717) is 12.0 Å². The highest BCUT2D eigenvalue weighted by Gasteiger charge is 2.24. The molecule has 0 spiro atoms. The zero-order chi connectivity index (χ0) is 12.4. The van der Waals surface area contributed by atoms with Crippen LogP contribution in [0.5, 0.6) is 0 Å². The third-order valence-electron chi connectivity index (χ3n) is 3.80. The molecule has 1 saturated heterocycles. The Bertz CT molecular complexity index is 392. The first-order valence-electron chi connectivity index (χ1n) is 6.30. The van der Waals surface area contributed by atoms with Crippen molar-refractivity contribution in [3.63, 3.8) is 0 Å². The van der Waals surface area contributed by atoms with E-state index in [1.54, 1.807) is 0 Å². The molecule has 1 aliphatic rings. The van der Waals surface area contributed by atoms with Gasteiger partial charge in [0.15, 0.2) is 0 Å². The van der Waals surface area contributed by atoms with E-state index in [4.69, 9.17) is 0 Å². The number of hydrogen-bond donors (Lipinski definition) is 1. The lowest BCUT2D eigenvalue weighted by molar-refractivity contribution is 0.339. The van der Waals surface area contributed by atoms with E-state index in [0.717, 1.165) is 13.1 Å². The van der Waals surface area contributed by atoms with Crippen LogP contribution < -0.4 is 10.2 Å². The van der Waals surface area contributed by atoms with E-state index in [9.17, 15) is 0 Å². The lowest BCUT2D eigenvalue weighted by Gasteiger charge is -2.38. The summed E-state index contributed by atoms with van der Waals surface area (Å²) in [7, 11) is 2.07. The molecule has 3 heteroatoms. The van der Waals surface area contributed by atoms with Crippen LogP contribution in [0.4, 0.5) is 5.69 Å². The first-order valence-corrected chi connectivity index (χ1v) is 7.09. The molecule has 1 N–H and O–H groups in total. The third kappa shape index (κ3) is 2.83. The number of nitrogens with zero attached hydrogens (tertiary/aromatic N) is 1. The van der Waals surface area contributed by atoms with E-state index < -0.39 is 0 Å². The highest BCUT2D eigenvalue weighted by Crippen LogP contribution is 2.27. The molecule has 0 amide bonds. The summed E-state index contributed by atoms with van der Waals surface area (Å²) in [4.78, 5) is 2.49. The molecule has 0 radical (unpaired) electrons. The van der Waals surface area contributed by atoms with Crippen LogP contribution in [0, 0.1) is 12.8 Å². The summed E-state index contributed by atoms with van der Waals surface area (Å²) >= 11 is 3.61. The van der Waals surface area contributed by atoms with Crippen molar-refractivity contribution >= 4 is 21.6 Å². The van der Waals surface area contributed by atoms with Gasteiger partial charge in [-0.3, -0.25) is 0 Å². The van der Waals surface area contributed by atoms with Gasteiger partial charge >= 0.3 is 0 Å². The molecule has 1 aromatic rings. The second-order valence-corrected chi connectivity index (χ2v) is 5.89. The average Bonchev–Trinajstić information content (AvgIpc) is 2.32. The summed E-state index contributed by atoms with van der Waals surface area (Å²) in [5.41, 5.74) is 2.63. The van der Waals surface area contributed by atoms with Crippen LogP contribution in [-0.2, 0) is 0 Å². The van der Waals surface area contributed by atoms with Crippen molar-refractivity contribution < 1.29 is 0 Å². The van der Waals surface area contributed by atoms with E-state index in [-0.39, 0.29) is 0 Å². The normalized spacial score (nSPS) is 25.1. The lowest BCUT2D eigenvalue weighted by Crippen LogP contribution is -2.47. The van der Waals surface area contributed by atoms with Crippen LogP contribution in [0.1, 0.15) is 18.9 Å². The average molecular weight is 297 g/mol. The standard InChI is InChI=1S/C14H21BrN2/c1-10-4-5-12(8-13(10)15)17-7-6-14(16-3)11(2)9-17/h4-5,8,11,14,16H,6-7,9H2,1-3H3. The van der Waals surface area contributed by atoms with Crippen LogP contribution in [0.25, 0.3) is 0 Å². The van der Waals surface area contributed by atoms with Gasteiger partial charge in [0, 0.05) is 29.3 Å². The van der Waals surface area contributed by atoms with Gasteiger partial charge in [-0.15, -0.1) is 0 Å². The Balaban J connectivity index is 2.11. The molecule has 0 bridgehead atoms. The van der Waals surface area contributed by atoms with Crippen molar-refractivity contribution in [1.82, 2.24) is 5.32 Å².